The number of rotatable bonds is 2. The van der Waals surface area contributed by atoms with Crippen LogP contribution in [0, 0.1) is 0 Å². The maximum atomic E-state index is 9.66. The van der Waals surface area contributed by atoms with Crippen LogP contribution >= 0.6 is 0 Å². The van der Waals surface area contributed by atoms with Gasteiger partial charge in [-0.15, -0.1) is 0 Å². The smallest absolute Gasteiger partial charge is 0.281 e. The normalized spacial score (nSPS) is 11.4. The van der Waals surface area contributed by atoms with E-state index in [4.69, 9.17) is 20.6 Å². The molecule has 0 rings (SSSR count). The maximum Gasteiger partial charge on any atom is 0.281 e. The van der Waals surface area contributed by atoms with E-state index in [1.54, 1.807) is 0 Å². The van der Waals surface area contributed by atoms with Crippen molar-refractivity contribution in [2.75, 3.05) is 5.08 Å². The highest BCUT2D eigenvalue weighted by atomic mass is 32.3. The van der Waals surface area contributed by atoms with Crippen LogP contribution in [0.15, 0.2) is 0 Å². The van der Waals surface area contributed by atoms with Crippen LogP contribution in [-0.4, -0.2) is 43.1 Å². The monoisotopic (exact) mass is 294 g/mol. The first-order valence-corrected chi connectivity index (χ1v) is 7.80. The van der Waals surface area contributed by atoms with Gasteiger partial charge in [-0.3, -0.25) is 9.11 Å². The number of hydrogen-bond acceptors (Lipinski definition) is 6. The van der Waals surface area contributed by atoms with Gasteiger partial charge in [0.1, 0.15) is 0 Å². The molecule has 0 amide bonds. The third kappa shape index (κ3) is 90.2. The first-order chi connectivity index (χ1) is 7.17. The molecule has 0 saturated heterocycles. The Bertz CT molecular complexity index is 318. The Morgan fingerprint density at radius 3 is 0.941 bits per heavy atom. The summed E-state index contributed by atoms with van der Waals surface area (Å²) in [4.78, 5) is 0. The minimum Gasteiger partial charge on any atom is -0.328 e. The standard InChI is InChI=1S/2C3H9N.CH4O6S2/c2*1-3(2)4;2-8(3,4)1-9(5,6)7/h2*3H,4H2,1-2H3;1H2,(H,2,3,4)(H,5,6,7). The molecule has 0 aromatic carbocycles. The SMILES string of the molecule is CC(C)N.CC(C)N.O=S(=O)(O)CS(=O)(=O)O. The van der Waals surface area contributed by atoms with Crippen molar-refractivity contribution in [3.63, 3.8) is 0 Å². The van der Waals surface area contributed by atoms with Crippen molar-refractivity contribution in [3.05, 3.63) is 0 Å². The summed E-state index contributed by atoms with van der Waals surface area (Å²) in [5.41, 5.74) is 10.2. The van der Waals surface area contributed by atoms with E-state index in [9.17, 15) is 16.8 Å². The van der Waals surface area contributed by atoms with Gasteiger partial charge in [-0.2, -0.15) is 16.8 Å². The summed E-state index contributed by atoms with van der Waals surface area (Å²) < 4.78 is 54.2. The van der Waals surface area contributed by atoms with Gasteiger partial charge in [0.2, 0.25) is 5.08 Å². The lowest BCUT2D eigenvalue weighted by Gasteiger charge is -1.89. The minimum atomic E-state index is -4.62. The van der Waals surface area contributed by atoms with Gasteiger partial charge in [-0.05, 0) is 12.1 Å². The second-order valence-corrected chi connectivity index (χ2v) is 7.04. The molecule has 0 aromatic rings. The molecule has 17 heavy (non-hydrogen) atoms. The van der Waals surface area contributed by atoms with Gasteiger partial charge in [-0.25, -0.2) is 0 Å². The Morgan fingerprint density at radius 1 is 0.824 bits per heavy atom. The van der Waals surface area contributed by atoms with E-state index in [0.29, 0.717) is 12.1 Å². The van der Waals surface area contributed by atoms with E-state index in [0.717, 1.165) is 0 Å². The Labute approximate surface area is 103 Å². The Balaban J connectivity index is -0.000000205. The van der Waals surface area contributed by atoms with Crippen molar-refractivity contribution < 1.29 is 25.9 Å². The van der Waals surface area contributed by atoms with Gasteiger partial charge >= 0.3 is 0 Å². The van der Waals surface area contributed by atoms with Crippen LogP contribution in [-0.2, 0) is 20.2 Å². The van der Waals surface area contributed by atoms with Crippen molar-refractivity contribution in [2.45, 2.75) is 39.8 Å². The molecule has 0 fully saturated rings. The third-order valence-corrected chi connectivity index (χ3v) is 2.68. The van der Waals surface area contributed by atoms with Crippen LogP contribution in [0.1, 0.15) is 27.7 Å². The fourth-order valence-corrected chi connectivity index (χ4v) is 1.69. The van der Waals surface area contributed by atoms with Crippen LogP contribution in [0.5, 0.6) is 0 Å². The fraction of sp³-hybridized carbons (Fsp3) is 1.00. The molecule has 0 aromatic heterocycles. The van der Waals surface area contributed by atoms with Crippen molar-refractivity contribution in [1.82, 2.24) is 0 Å². The molecule has 8 nitrogen and oxygen atoms in total. The lowest BCUT2D eigenvalue weighted by molar-refractivity contribution is 0.471. The van der Waals surface area contributed by atoms with Crippen molar-refractivity contribution in [2.24, 2.45) is 11.5 Å². The quantitative estimate of drug-likeness (QED) is 0.492. The summed E-state index contributed by atoms with van der Waals surface area (Å²) in [5.74, 6) is 0. The predicted octanol–water partition coefficient (Wildman–Crippen LogP) is -0.573. The molecule has 0 aliphatic rings. The molecular weight excluding hydrogens is 272 g/mol. The van der Waals surface area contributed by atoms with Crippen LogP contribution in [0.25, 0.3) is 0 Å². The van der Waals surface area contributed by atoms with Crippen molar-refractivity contribution >= 4 is 20.2 Å². The maximum absolute atomic E-state index is 9.66. The summed E-state index contributed by atoms with van der Waals surface area (Å²) in [5, 5.41) is -1.65. The van der Waals surface area contributed by atoms with E-state index in [1.807, 2.05) is 27.7 Å². The summed E-state index contributed by atoms with van der Waals surface area (Å²) in [6.07, 6.45) is 0. The van der Waals surface area contributed by atoms with Gasteiger partial charge < -0.3 is 11.5 Å². The Kier molecular flexibility index (Phi) is 12.6. The van der Waals surface area contributed by atoms with Gasteiger partial charge in [0, 0.05) is 0 Å². The average molecular weight is 294 g/mol. The van der Waals surface area contributed by atoms with Crippen LogP contribution in [0.2, 0.25) is 0 Å². The molecule has 108 valence electrons. The van der Waals surface area contributed by atoms with Crippen LogP contribution in [0.4, 0.5) is 0 Å². The molecule has 0 spiro atoms. The lowest BCUT2D eigenvalue weighted by Crippen LogP contribution is -2.13. The molecule has 10 heteroatoms. The molecule has 6 N–H and O–H groups in total. The molecule has 0 aliphatic heterocycles. The van der Waals surface area contributed by atoms with E-state index in [2.05, 4.69) is 0 Å². The fourth-order valence-electron chi connectivity index (χ4n) is 0.188. The van der Waals surface area contributed by atoms with E-state index in [1.165, 1.54) is 0 Å². The van der Waals surface area contributed by atoms with Gasteiger partial charge in [0.25, 0.3) is 20.2 Å². The average Bonchev–Trinajstić information content (AvgIpc) is 1.70. The minimum absolute atomic E-state index is 0.333. The van der Waals surface area contributed by atoms with Gasteiger partial charge in [0.15, 0.2) is 0 Å². The second kappa shape index (κ2) is 9.74. The highest BCUT2D eigenvalue weighted by Crippen LogP contribution is 1.88. The first-order valence-electron chi connectivity index (χ1n) is 4.59. The Morgan fingerprint density at radius 2 is 0.941 bits per heavy atom. The van der Waals surface area contributed by atoms with Gasteiger partial charge in [0.05, 0.1) is 0 Å². The second-order valence-electron chi connectivity index (χ2n) is 3.77. The molecule has 0 unspecified atom stereocenters. The van der Waals surface area contributed by atoms with Crippen molar-refractivity contribution in [1.29, 1.82) is 0 Å². The molecule has 0 heterocycles. The Hall–Kier alpha value is -0.260. The lowest BCUT2D eigenvalue weighted by atomic mass is 10.4. The van der Waals surface area contributed by atoms with E-state index in [-0.39, 0.29) is 0 Å². The summed E-state index contributed by atoms with van der Waals surface area (Å²) in [6, 6.07) is 0.667. The van der Waals surface area contributed by atoms with Crippen LogP contribution < -0.4 is 11.5 Å². The zero-order valence-electron chi connectivity index (χ0n) is 10.4. The molecule has 0 saturated carbocycles. The molecule has 0 bridgehead atoms. The molecular formula is C7H22N2O6S2. The van der Waals surface area contributed by atoms with E-state index >= 15 is 0 Å². The highest BCUT2D eigenvalue weighted by molar-refractivity contribution is 8.02. The number of nitrogens with two attached hydrogens (primary N) is 2. The summed E-state index contributed by atoms with van der Waals surface area (Å²) >= 11 is 0. The first kappa shape index (κ1) is 22.0. The predicted molar refractivity (Wildman–Crippen MR) is 66.6 cm³/mol. The zero-order chi connectivity index (χ0) is 14.9. The molecule has 0 atom stereocenters. The van der Waals surface area contributed by atoms with Crippen LogP contribution in [0.3, 0.4) is 0 Å². The number of hydrogen-bond donors (Lipinski definition) is 4. The third-order valence-electron chi connectivity index (χ3n) is 0.298. The molecule has 0 radical (unpaired) electrons. The van der Waals surface area contributed by atoms with E-state index < -0.39 is 25.3 Å². The zero-order valence-corrected chi connectivity index (χ0v) is 12.0. The molecule has 0 aliphatic carbocycles. The topological polar surface area (TPSA) is 161 Å². The van der Waals surface area contributed by atoms with Crippen molar-refractivity contribution in [3.8, 4) is 0 Å². The van der Waals surface area contributed by atoms with Gasteiger partial charge in [-0.1, -0.05) is 27.7 Å². The largest absolute Gasteiger partial charge is 0.328 e. The summed E-state index contributed by atoms with van der Waals surface area (Å²) in [7, 11) is -9.24. The summed E-state index contributed by atoms with van der Waals surface area (Å²) in [6.45, 7) is 7.78. The highest BCUT2D eigenvalue weighted by Gasteiger charge is 2.15.